The first-order valence-corrected chi connectivity index (χ1v) is 8.51. The summed E-state index contributed by atoms with van der Waals surface area (Å²) in [6, 6.07) is 10.0. The maximum Gasteiger partial charge on any atom is 0.221 e. The molecular weight excluding hydrogens is 292 g/mol. The minimum atomic E-state index is -0.559. The number of rotatable bonds is 8. The first kappa shape index (κ1) is 17.9. The van der Waals surface area contributed by atoms with E-state index in [-0.39, 0.29) is 24.6 Å². The maximum atomic E-state index is 11.9. The van der Waals surface area contributed by atoms with Gasteiger partial charge in [-0.1, -0.05) is 30.3 Å². The quantitative estimate of drug-likeness (QED) is 0.667. The number of carbonyl (C=O) groups excluding carboxylic acids is 1. The number of hydrogen-bond acceptors (Lipinski definition) is 4. The second kappa shape index (κ2) is 9.01. The molecule has 5 nitrogen and oxygen atoms in total. The highest BCUT2D eigenvalue weighted by Gasteiger charge is 2.40. The van der Waals surface area contributed by atoms with Gasteiger partial charge in [-0.05, 0) is 38.3 Å². The Balaban J connectivity index is 1.91. The molecule has 0 spiro atoms. The molecule has 0 radical (unpaired) electrons. The molecule has 1 fully saturated rings. The first-order valence-electron chi connectivity index (χ1n) is 8.51. The zero-order valence-corrected chi connectivity index (χ0v) is 13.8. The molecule has 1 aromatic carbocycles. The molecule has 128 valence electrons. The van der Waals surface area contributed by atoms with Crippen LogP contribution in [0.3, 0.4) is 0 Å². The average molecular weight is 320 g/mol. The molecule has 1 heterocycles. The van der Waals surface area contributed by atoms with E-state index >= 15 is 0 Å². The third-order valence-electron chi connectivity index (χ3n) is 4.56. The van der Waals surface area contributed by atoms with E-state index in [1.54, 1.807) is 0 Å². The smallest absolute Gasteiger partial charge is 0.221 e. The van der Waals surface area contributed by atoms with Gasteiger partial charge in [0.05, 0.1) is 18.8 Å². The number of amides is 1. The van der Waals surface area contributed by atoms with Crippen LogP contribution < -0.4 is 5.32 Å². The van der Waals surface area contributed by atoms with Crippen LogP contribution in [0.15, 0.2) is 30.3 Å². The van der Waals surface area contributed by atoms with Crippen molar-refractivity contribution in [3.8, 4) is 0 Å². The summed E-state index contributed by atoms with van der Waals surface area (Å²) in [5, 5.41) is 22.5. The molecule has 3 N–H and O–H groups in total. The number of benzene rings is 1. The van der Waals surface area contributed by atoms with Crippen LogP contribution in [0.1, 0.15) is 31.7 Å². The molecule has 23 heavy (non-hydrogen) atoms. The molecule has 3 atom stereocenters. The van der Waals surface area contributed by atoms with Crippen LogP contribution in [-0.4, -0.2) is 58.9 Å². The number of carbonyl (C=O) groups is 1. The molecule has 0 bridgehead atoms. The van der Waals surface area contributed by atoms with Crippen molar-refractivity contribution in [1.82, 2.24) is 10.2 Å². The van der Waals surface area contributed by atoms with E-state index in [4.69, 9.17) is 0 Å². The largest absolute Gasteiger partial charge is 0.395 e. The Labute approximate surface area is 138 Å². The highest BCUT2D eigenvalue weighted by Crippen LogP contribution is 2.27. The minimum absolute atomic E-state index is 0.00414. The standard InChI is InChI=1S/C18H28N2O3/c1-2-19-18(23)12-15-11-17(22)16(13-21)20(15)10-6-9-14-7-4-3-5-8-14/h3-5,7-8,15-17,21-22H,2,6,9-13H2,1H3,(H,19,23)/t15-,16+,17-/m0/s1. The SMILES string of the molecule is CCNC(=O)C[C@@H]1C[C@H](O)[C@@H](CO)N1CCCc1ccccc1. The summed E-state index contributed by atoms with van der Waals surface area (Å²) >= 11 is 0. The van der Waals surface area contributed by atoms with Crippen LogP contribution >= 0.6 is 0 Å². The van der Waals surface area contributed by atoms with E-state index in [0.717, 1.165) is 19.4 Å². The van der Waals surface area contributed by atoms with Gasteiger partial charge in [-0.2, -0.15) is 0 Å². The fraction of sp³-hybridized carbons (Fsp3) is 0.611. The van der Waals surface area contributed by atoms with Gasteiger partial charge in [-0.25, -0.2) is 0 Å². The van der Waals surface area contributed by atoms with Gasteiger partial charge in [0, 0.05) is 19.0 Å². The van der Waals surface area contributed by atoms with Gasteiger partial charge >= 0.3 is 0 Å². The number of aliphatic hydroxyl groups is 2. The van der Waals surface area contributed by atoms with Gasteiger partial charge < -0.3 is 15.5 Å². The highest BCUT2D eigenvalue weighted by molar-refractivity contribution is 5.76. The lowest BCUT2D eigenvalue weighted by Gasteiger charge is -2.29. The Morgan fingerprint density at radius 2 is 2.09 bits per heavy atom. The Morgan fingerprint density at radius 1 is 1.35 bits per heavy atom. The number of hydrogen-bond donors (Lipinski definition) is 3. The molecule has 1 aliphatic heterocycles. The molecule has 1 aliphatic rings. The number of aliphatic hydroxyl groups excluding tert-OH is 2. The van der Waals surface area contributed by atoms with Crippen LogP contribution in [0.5, 0.6) is 0 Å². The summed E-state index contributed by atoms with van der Waals surface area (Å²) in [6.45, 7) is 3.22. The second-order valence-corrected chi connectivity index (χ2v) is 6.19. The Morgan fingerprint density at radius 3 is 2.74 bits per heavy atom. The highest BCUT2D eigenvalue weighted by atomic mass is 16.3. The summed E-state index contributed by atoms with van der Waals surface area (Å²) in [6.07, 6.45) is 2.27. The van der Waals surface area contributed by atoms with E-state index in [1.165, 1.54) is 5.56 Å². The van der Waals surface area contributed by atoms with Crippen LogP contribution in [0.4, 0.5) is 0 Å². The fourth-order valence-corrected chi connectivity index (χ4v) is 3.43. The van der Waals surface area contributed by atoms with Gasteiger partial charge in [0.15, 0.2) is 0 Å². The van der Waals surface area contributed by atoms with Crippen molar-refractivity contribution in [2.24, 2.45) is 0 Å². The second-order valence-electron chi connectivity index (χ2n) is 6.19. The fourth-order valence-electron chi connectivity index (χ4n) is 3.43. The number of likely N-dealkylation sites (tertiary alicyclic amines) is 1. The van der Waals surface area contributed by atoms with Crippen molar-refractivity contribution in [3.63, 3.8) is 0 Å². The summed E-state index contributed by atoms with van der Waals surface area (Å²) in [4.78, 5) is 14.0. The third kappa shape index (κ3) is 5.03. The number of nitrogens with zero attached hydrogens (tertiary/aromatic N) is 1. The number of nitrogens with one attached hydrogen (secondary N) is 1. The predicted octanol–water partition coefficient (Wildman–Crippen LogP) is 0.942. The summed E-state index contributed by atoms with van der Waals surface area (Å²) in [5.74, 6) is 0.0105. The maximum absolute atomic E-state index is 11.9. The zero-order valence-electron chi connectivity index (χ0n) is 13.8. The van der Waals surface area contributed by atoms with Crippen molar-refractivity contribution in [2.45, 2.75) is 50.8 Å². The van der Waals surface area contributed by atoms with Crippen LogP contribution in [0, 0.1) is 0 Å². The summed E-state index contributed by atoms with van der Waals surface area (Å²) in [5.41, 5.74) is 1.29. The summed E-state index contributed by atoms with van der Waals surface area (Å²) < 4.78 is 0. The topological polar surface area (TPSA) is 72.8 Å². The molecule has 0 unspecified atom stereocenters. The van der Waals surface area contributed by atoms with Gasteiger partial charge in [-0.15, -0.1) is 0 Å². The van der Waals surface area contributed by atoms with Gasteiger partial charge in [0.25, 0.3) is 0 Å². The van der Waals surface area contributed by atoms with Gasteiger partial charge in [0.1, 0.15) is 0 Å². The Kier molecular flexibility index (Phi) is 7.02. The van der Waals surface area contributed by atoms with Crippen LogP contribution in [-0.2, 0) is 11.2 Å². The monoisotopic (exact) mass is 320 g/mol. The molecule has 0 aliphatic carbocycles. The lowest BCUT2D eigenvalue weighted by Crippen LogP contribution is -2.43. The van der Waals surface area contributed by atoms with Crippen molar-refractivity contribution in [3.05, 3.63) is 35.9 Å². The van der Waals surface area contributed by atoms with Crippen LogP contribution in [0.2, 0.25) is 0 Å². The van der Waals surface area contributed by atoms with Gasteiger partial charge in [-0.3, -0.25) is 9.69 Å². The zero-order chi connectivity index (χ0) is 16.7. The van der Waals surface area contributed by atoms with Crippen LogP contribution in [0.25, 0.3) is 0 Å². The lowest BCUT2D eigenvalue weighted by atomic mass is 10.1. The number of aryl methyl sites for hydroxylation is 1. The van der Waals surface area contributed by atoms with E-state index in [0.29, 0.717) is 19.4 Å². The normalized spacial score (nSPS) is 24.7. The minimum Gasteiger partial charge on any atom is -0.395 e. The molecule has 5 heteroatoms. The lowest BCUT2D eigenvalue weighted by molar-refractivity contribution is -0.122. The predicted molar refractivity (Wildman–Crippen MR) is 90.1 cm³/mol. The average Bonchev–Trinajstić information content (AvgIpc) is 2.83. The molecule has 1 amide bonds. The van der Waals surface area contributed by atoms with Crippen molar-refractivity contribution in [2.75, 3.05) is 19.7 Å². The van der Waals surface area contributed by atoms with Crippen molar-refractivity contribution in [1.29, 1.82) is 0 Å². The molecule has 2 rings (SSSR count). The van der Waals surface area contributed by atoms with E-state index in [2.05, 4.69) is 22.3 Å². The molecule has 0 aromatic heterocycles. The van der Waals surface area contributed by atoms with E-state index < -0.39 is 6.10 Å². The molecule has 0 saturated carbocycles. The molecule has 1 aromatic rings. The molecule has 1 saturated heterocycles. The first-order chi connectivity index (χ1) is 11.2. The third-order valence-corrected chi connectivity index (χ3v) is 4.56. The van der Waals surface area contributed by atoms with Crippen molar-refractivity contribution >= 4 is 5.91 Å². The van der Waals surface area contributed by atoms with E-state index in [1.807, 2.05) is 25.1 Å². The van der Waals surface area contributed by atoms with Gasteiger partial charge in [0.2, 0.25) is 5.91 Å². The summed E-state index contributed by atoms with van der Waals surface area (Å²) in [7, 11) is 0. The Bertz CT molecular complexity index is 480. The Hall–Kier alpha value is -1.43. The van der Waals surface area contributed by atoms with E-state index in [9.17, 15) is 15.0 Å². The van der Waals surface area contributed by atoms with Crippen molar-refractivity contribution < 1.29 is 15.0 Å². The molecular formula is C18H28N2O3.